The Morgan fingerprint density at radius 2 is 1.40 bits per heavy atom. The molecule has 0 aliphatic heterocycles. The number of furan rings is 1. The average Bonchev–Trinajstić information content (AvgIpc) is 2.07. The molecule has 0 aromatic carbocycles. The van der Waals surface area contributed by atoms with E-state index in [2.05, 4.69) is 4.42 Å². The second kappa shape index (κ2) is 4.12. The zero-order valence-corrected chi connectivity index (χ0v) is 6.66. The third-order valence-electron chi connectivity index (χ3n) is 0.425. The molecule has 0 saturated heterocycles. The van der Waals surface area contributed by atoms with E-state index in [1.165, 1.54) is 0 Å². The summed E-state index contributed by atoms with van der Waals surface area (Å²) in [6, 6.07) is 3.67. The Kier molecular flexibility index (Phi) is 3.81. The Bertz CT molecular complexity index is 114. The largest absolute Gasteiger partial charge is 0.473 e. The Balaban J connectivity index is 0.000000162. The number of hydrogen-bond donors (Lipinski definition) is 1. The molecule has 0 bridgehead atoms. The highest BCUT2D eigenvalue weighted by Gasteiger charge is 1.97. The summed E-state index contributed by atoms with van der Waals surface area (Å²) in [5.41, 5.74) is -0.500. The van der Waals surface area contributed by atoms with Crippen molar-refractivity contribution in [3.63, 3.8) is 0 Å². The van der Waals surface area contributed by atoms with Crippen molar-refractivity contribution in [2.75, 3.05) is 0 Å². The van der Waals surface area contributed by atoms with Gasteiger partial charge in [0.15, 0.2) is 0 Å². The van der Waals surface area contributed by atoms with Crippen LogP contribution in [0.3, 0.4) is 0 Å². The molecule has 1 heterocycles. The van der Waals surface area contributed by atoms with Crippen molar-refractivity contribution in [2.24, 2.45) is 0 Å². The highest BCUT2D eigenvalue weighted by Crippen LogP contribution is 1.93. The Hall–Kier alpha value is -0.760. The minimum absolute atomic E-state index is 0.500. The van der Waals surface area contributed by atoms with Crippen LogP contribution < -0.4 is 0 Å². The van der Waals surface area contributed by atoms with Crippen LogP contribution >= 0.6 is 0 Å². The maximum Gasteiger partial charge on any atom is 0.0902 e. The summed E-state index contributed by atoms with van der Waals surface area (Å²) in [6.45, 7) is 5.23. The predicted molar refractivity (Wildman–Crippen MR) is 40.7 cm³/mol. The van der Waals surface area contributed by atoms with Gasteiger partial charge in [-0.25, -0.2) is 0 Å². The van der Waals surface area contributed by atoms with Crippen molar-refractivity contribution in [3.05, 3.63) is 24.7 Å². The van der Waals surface area contributed by atoms with Crippen LogP contribution in [0.25, 0.3) is 0 Å². The van der Waals surface area contributed by atoms with E-state index in [-0.39, 0.29) is 0 Å². The smallest absolute Gasteiger partial charge is 0.0902 e. The lowest BCUT2D eigenvalue weighted by molar-refractivity contribution is 0.102. The maximum absolute atomic E-state index is 8.52. The molecule has 1 aromatic heterocycles. The minimum Gasteiger partial charge on any atom is -0.473 e. The van der Waals surface area contributed by atoms with Crippen LogP contribution in [0.2, 0.25) is 0 Å². The molecule has 58 valence electrons. The molecule has 10 heavy (non-hydrogen) atoms. The van der Waals surface area contributed by atoms with Gasteiger partial charge in [-0.2, -0.15) is 0 Å². The summed E-state index contributed by atoms with van der Waals surface area (Å²) in [4.78, 5) is 0. The summed E-state index contributed by atoms with van der Waals surface area (Å²) in [5.74, 6) is 0. The van der Waals surface area contributed by atoms with Gasteiger partial charge in [0.1, 0.15) is 0 Å². The van der Waals surface area contributed by atoms with Crippen LogP contribution in [0, 0.1) is 0 Å². The van der Waals surface area contributed by atoms with E-state index in [1.54, 1.807) is 33.3 Å². The lowest BCUT2D eigenvalue weighted by atomic mass is 10.2. The van der Waals surface area contributed by atoms with Crippen LogP contribution in [-0.4, -0.2) is 10.7 Å². The van der Waals surface area contributed by atoms with Gasteiger partial charge in [0, 0.05) is 0 Å². The van der Waals surface area contributed by atoms with Gasteiger partial charge in [-0.05, 0) is 32.9 Å². The summed E-state index contributed by atoms with van der Waals surface area (Å²) < 4.78 is 4.58. The zero-order chi connectivity index (χ0) is 8.04. The number of hydrogen-bond acceptors (Lipinski definition) is 2. The first-order valence-corrected chi connectivity index (χ1v) is 3.20. The van der Waals surface area contributed by atoms with Crippen LogP contribution in [0.5, 0.6) is 0 Å². The topological polar surface area (TPSA) is 33.4 Å². The van der Waals surface area contributed by atoms with Gasteiger partial charge >= 0.3 is 0 Å². The first-order chi connectivity index (χ1) is 4.50. The minimum atomic E-state index is -0.500. The first-order valence-electron chi connectivity index (χ1n) is 3.20. The van der Waals surface area contributed by atoms with Gasteiger partial charge in [0.25, 0.3) is 0 Å². The van der Waals surface area contributed by atoms with Crippen molar-refractivity contribution in [1.29, 1.82) is 0 Å². The molecule has 0 saturated carbocycles. The lowest BCUT2D eigenvalue weighted by Crippen LogP contribution is -2.10. The Morgan fingerprint density at radius 1 is 1.10 bits per heavy atom. The van der Waals surface area contributed by atoms with Gasteiger partial charge in [-0.3, -0.25) is 0 Å². The second-order valence-electron chi connectivity index (χ2n) is 2.96. The number of rotatable bonds is 0. The van der Waals surface area contributed by atoms with Crippen molar-refractivity contribution in [3.8, 4) is 0 Å². The fourth-order valence-electron chi connectivity index (χ4n) is 0.227. The van der Waals surface area contributed by atoms with Gasteiger partial charge in [-0.1, -0.05) is 0 Å². The van der Waals surface area contributed by atoms with Crippen LogP contribution in [0.15, 0.2) is 29.1 Å². The fraction of sp³-hybridized carbons (Fsp3) is 0.500. The van der Waals surface area contributed by atoms with Crippen LogP contribution in [0.4, 0.5) is 0 Å². The lowest BCUT2D eigenvalue weighted by Gasteiger charge is -2.04. The standard InChI is InChI=1S/C4H4O.C4H10O/c1-2-4-5-3-1;1-4(2,3)5/h1-4H;5H,1-3H3. The maximum atomic E-state index is 8.52. The highest BCUT2D eigenvalue weighted by molar-refractivity contribution is 4.79. The molecule has 1 rings (SSSR count). The average molecular weight is 142 g/mol. The van der Waals surface area contributed by atoms with Gasteiger partial charge in [-0.15, -0.1) is 0 Å². The number of aliphatic hydroxyl groups is 1. The van der Waals surface area contributed by atoms with E-state index < -0.39 is 5.60 Å². The van der Waals surface area contributed by atoms with Gasteiger partial charge in [0.05, 0.1) is 18.1 Å². The molecule has 1 aromatic rings. The quantitative estimate of drug-likeness (QED) is 0.601. The van der Waals surface area contributed by atoms with Crippen molar-refractivity contribution < 1.29 is 9.52 Å². The second-order valence-corrected chi connectivity index (χ2v) is 2.96. The fourth-order valence-corrected chi connectivity index (χ4v) is 0.227. The van der Waals surface area contributed by atoms with E-state index in [0.717, 1.165) is 0 Å². The molecule has 2 nitrogen and oxygen atoms in total. The summed E-state index contributed by atoms with van der Waals surface area (Å²) in [5, 5.41) is 8.52. The molecule has 0 radical (unpaired) electrons. The van der Waals surface area contributed by atoms with E-state index in [9.17, 15) is 0 Å². The first kappa shape index (κ1) is 9.24. The predicted octanol–water partition coefficient (Wildman–Crippen LogP) is 2.06. The zero-order valence-electron chi connectivity index (χ0n) is 6.66. The summed E-state index contributed by atoms with van der Waals surface area (Å²) >= 11 is 0. The van der Waals surface area contributed by atoms with Gasteiger partial charge in [0.2, 0.25) is 0 Å². The van der Waals surface area contributed by atoms with E-state index in [0.29, 0.717) is 0 Å². The molecular weight excluding hydrogens is 128 g/mol. The molecule has 0 aliphatic rings. The molecule has 0 spiro atoms. The Labute approximate surface area is 61.5 Å². The van der Waals surface area contributed by atoms with Crippen molar-refractivity contribution in [1.82, 2.24) is 0 Å². The van der Waals surface area contributed by atoms with E-state index in [1.807, 2.05) is 12.1 Å². The van der Waals surface area contributed by atoms with Crippen LogP contribution in [-0.2, 0) is 0 Å². The highest BCUT2D eigenvalue weighted by atomic mass is 16.3. The molecule has 0 fully saturated rings. The third-order valence-corrected chi connectivity index (χ3v) is 0.425. The molecule has 0 aliphatic carbocycles. The van der Waals surface area contributed by atoms with Crippen molar-refractivity contribution >= 4 is 0 Å². The van der Waals surface area contributed by atoms with Gasteiger partial charge < -0.3 is 9.52 Å². The molecule has 0 atom stereocenters. The van der Waals surface area contributed by atoms with E-state index >= 15 is 0 Å². The summed E-state index contributed by atoms with van der Waals surface area (Å²) in [6.07, 6.45) is 3.25. The monoisotopic (exact) mass is 142 g/mol. The molecule has 0 unspecified atom stereocenters. The Morgan fingerprint density at radius 3 is 1.50 bits per heavy atom. The van der Waals surface area contributed by atoms with Crippen molar-refractivity contribution in [2.45, 2.75) is 26.4 Å². The van der Waals surface area contributed by atoms with Crippen LogP contribution in [0.1, 0.15) is 20.8 Å². The third kappa shape index (κ3) is 15.7. The normalized spacial score (nSPS) is 10.0. The molecule has 0 amide bonds. The molecular formula is C8H14O2. The SMILES string of the molecule is CC(C)(C)O.c1ccoc1. The van der Waals surface area contributed by atoms with E-state index in [4.69, 9.17) is 5.11 Å². The molecule has 1 N–H and O–H groups in total. The summed E-state index contributed by atoms with van der Waals surface area (Å²) in [7, 11) is 0. The molecule has 2 heteroatoms.